The summed E-state index contributed by atoms with van der Waals surface area (Å²) in [6.07, 6.45) is 6.22. The average Bonchev–Trinajstić information content (AvgIpc) is 2.50. The van der Waals surface area contributed by atoms with Crippen molar-refractivity contribution >= 4 is 5.69 Å². The standard InChI is InChI=1S/C9H17N3/c1-3-5-10-9-7-11-12(8-9)6-4-2/h7-8,10H,3-6H2,1-2H3. The molecule has 68 valence electrons. The van der Waals surface area contributed by atoms with Crippen molar-refractivity contribution in [2.75, 3.05) is 11.9 Å². The molecule has 0 aromatic carbocycles. The van der Waals surface area contributed by atoms with Gasteiger partial charge in [-0.2, -0.15) is 5.10 Å². The molecule has 0 aliphatic rings. The van der Waals surface area contributed by atoms with Crippen LogP contribution in [0.2, 0.25) is 0 Å². The summed E-state index contributed by atoms with van der Waals surface area (Å²) in [4.78, 5) is 0. The number of rotatable bonds is 5. The Balaban J connectivity index is 2.41. The number of anilines is 1. The highest BCUT2D eigenvalue weighted by Gasteiger charge is 1.94. The zero-order valence-corrected chi connectivity index (χ0v) is 7.88. The Morgan fingerprint density at radius 1 is 1.42 bits per heavy atom. The highest BCUT2D eigenvalue weighted by molar-refractivity contribution is 5.37. The van der Waals surface area contributed by atoms with Crippen molar-refractivity contribution in [2.24, 2.45) is 0 Å². The zero-order valence-electron chi connectivity index (χ0n) is 7.88. The molecule has 1 aromatic heterocycles. The third kappa shape index (κ3) is 2.57. The number of hydrogen-bond acceptors (Lipinski definition) is 2. The van der Waals surface area contributed by atoms with Crippen molar-refractivity contribution in [1.29, 1.82) is 0 Å². The van der Waals surface area contributed by atoms with E-state index in [2.05, 4.69) is 30.5 Å². The number of aromatic nitrogens is 2. The summed E-state index contributed by atoms with van der Waals surface area (Å²) in [5.74, 6) is 0. The molecule has 12 heavy (non-hydrogen) atoms. The predicted octanol–water partition coefficient (Wildman–Crippen LogP) is 2.12. The quantitative estimate of drug-likeness (QED) is 0.728. The summed E-state index contributed by atoms with van der Waals surface area (Å²) in [5, 5.41) is 7.50. The first-order chi connectivity index (χ1) is 5.86. The molecule has 3 nitrogen and oxygen atoms in total. The van der Waals surface area contributed by atoms with Crippen LogP contribution in [0, 0.1) is 0 Å². The van der Waals surface area contributed by atoms with Gasteiger partial charge in [0.25, 0.3) is 0 Å². The molecule has 1 heterocycles. The third-order valence-electron chi connectivity index (χ3n) is 1.67. The SMILES string of the molecule is CCCNc1cnn(CCC)c1. The third-order valence-corrected chi connectivity index (χ3v) is 1.67. The minimum atomic E-state index is 1.01. The largest absolute Gasteiger partial charge is 0.383 e. The Kier molecular flexibility index (Phi) is 3.64. The summed E-state index contributed by atoms with van der Waals surface area (Å²) < 4.78 is 1.97. The van der Waals surface area contributed by atoms with Crippen LogP contribution in [0.15, 0.2) is 12.4 Å². The van der Waals surface area contributed by atoms with E-state index in [0.717, 1.165) is 31.6 Å². The molecular weight excluding hydrogens is 150 g/mol. The molecule has 0 atom stereocenters. The first-order valence-electron chi connectivity index (χ1n) is 4.63. The predicted molar refractivity (Wildman–Crippen MR) is 51.3 cm³/mol. The molecule has 0 saturated heterocycles. The van der Waals surface area contributed by atoms with E-state index >= 15 is 0 Å². The molecule has 1 N–H and O–H groups in total. The first-order valence-corrected chi connectivity index (χ1v) is 4.63. The summed E-state index contributed by atoms with van der Waals surface area (Å²) in [6.45, 7) is 6.34. The summed E-state index contributed by atoms with van der Waals surface area (Å²) in [5.41, 5.74) is 1.13. The van der Waals surface area contributed by atoms with Gasteiger partial charge in [0, 0.05) is 19.3 Å². The fourth-order valence-electron chi connectivity index (χ4n) is 1.08. The normalized spacial score (nSPS) is 10.2. The minimum absolute atomic E-state index is 1.01. The monoisotopic (exact) mass is 167 g/mol. The Morgan fingerprint density at radius 2 is 2.25 bits per heavy atom. The minimum Gasteiger partial charge on any atom is -0.383 e. The maximum atomic E-state index is 4.21. The molecule has 0 spiro atoms. The maximum absolute atomic E-state index is 4.21. The van der Waals surface area contributed by atoms with E-state index in [1.165, 1.54) is 0 Å². The molecule has 0 unspecified atom stereocenters. The van der Waals surface area contributed by atoms with Gasteiger partial charge in [0.1, 0.15) is 0 Å². The second-order valence-electron chi connectivity index (χ2n) is 2.92. The number of aryl methyl sites for hydroxylation is 1. The molecule has 0 amide bonds. The summed E-state index contributed by atoms with van der Waals surface area (Å²) >= 11 is 0. The van der Waals surface area contributed by atoms with Crippen LogP contribution >= 0.6 is 0 Å². The molecule has 0 radical (unpaired) electrons. The van der Waals surface area contributed by atoms with Gasteiger partial charge in [-0.3, -0.25) is 4.68 Å². The molecule has 0 fully saturated rings. The molecule has 3 heteroatoms. The van der Waals surface area contributed by atoms with Gasteiger partial charge >= 0.3 is 0 Å². The van der Waals surface area contributed by atoms with Crippen molar-refractivity contribution in [3.8, 4) is 0 Å². The Labute approximate surface area is 73.8 Å². The number of hydrogen-bond donors (Lipinski definition) is 1. The molecule has 0 bridgehead atoms. The van der Waals surface area contributed by atoms with Crippen LogP contribution in [0.4, 0.5) is 5.69 Å². The van der Waals surface area contributed by atoms with Crippen molar-refractivity contribution in [3.05, 3.63) is 12.4 Å². The van der Waals surface area contributed by atoms with Gasteiger partial charge in [-0.25, -0.2) is 0 Å². The smallest absolute Gasteiger partial charge is 0.0726 e. The molecule has 1 aromatic rings. The molecule has 0 saturated carbocycles. The van der Waals surface area contributed by atoms with Gasteiger partial charge in [-0.05, 0) is 12.8 Å². The van der Waals surface area contributed by atoms with Gasteiger partial charge in [0.15, 0.2) is 0 Å². The van der Waals surface area contributed by atoms with Gasteiger partial charge in [0.05, 0.1) is 11.9 Å². The van der Waals surface area contributed by atoms with E-state index in [4.69, 9.17) is 0 Å². The van der Waals surface area contributed by atoms with Crippen LogP contribution in [0.5, 0.6) is 0 Å². The zero-order chi connectivity index (χ0) is 8.81. The fourth-order valence-corrected chi connectivity index (χ4v) is 1.08. The van der Waals surface area contributed by atoms with E-state index in [0.29, 0.717) is 0 Å². The van der Waals surface area contributed by atoms with Crippen molar-refractivity contribution in [1.82, 2.24) is 9.78 Å². The van der Waals surface area contributed by atoms with E-state index < -0.39 is 0 Å². The Hall–Kier alpha value is -0.990. The summed E-state index contributed by atoms with van der Waals surface area (Å²) in [6, 6.07) is 0. The van der Waals surface area contributed by atoms with Crippen LogP contribution in [0.25, 0.3) is 0 Å². The molecule has 1 rings (SSSR count). The van der Waals surface area contributed by atoms with E-state index in [1.54, 1.807) is 0 Å². The maximum Gasteiger partial charge on any atom is 0.0726 e. The second-order valence-corrected chi connectivity index (χ2v) is 2.92. The fraction of sp³-hybridized carbons (Fsp3) is 0.667. The molecule has 0 aliphatic carbocycles. The lowest BCUT2D eigenvalue weighted by molar-refractivity contribution is 0.603. The lowest BCUT2D eigenvalue weighted by Gasteiger charge is -1.98. The lowest BCUT2D eigenvalue weighted by Crippen LogP contribution is -1.99. The Bertz CT molecular complexity index is 217. The van der Waals surface area contributed by atoms with Gasteiger partial charge < -0.3 is 5.32 Å². The Morgan fingerprint density at radius 3 is 2.92 bits per heavy atom. The van der Waals surface area contributed by atoms with Crippen molar-refractivity contribution in [2.45, 2.75) is 33.2 Å². The number of nitrogens with one attached hydrogen (secondary N) is 1. The highest BCUT2D eigenvalue weighted by Crippen LogP contribution is 2.04. The van der Waals surface area contributed by atoms with Crippen molar-refractivity contribution in [3.63, 3.8) is 0 Å². The van der Waals surface area contributed by atoms with Crippen LogP contribution in [-0.4, -0.2) is 16.3 Å². The van der Waals surface area contributed by atoms with Crippen LogP contribution < -0.4 is 5.32 Å². The van der Waals surface area contributed by atoms with E-state index in [9.17, 15) is 0 Å². The van der Waals surface area contributed by atoms with Crippen LogP contribution in [0.1, 0.15) is 26.7 Å². The second kappa shape index (κ2) is 4.80. The van der Waals surface area contributed by atoms with Gasteiger partial charge in [-0.1, -0.05) is 13.8 Å². The van der Waals surface area contributed by atoms with Gasteiger partial charge in [-0.15, -0.1) is 0 Å². The lowest BCUT2D eigenvalue weighted by atomic mass is 10.4. The average molecular weight is 167 g/mol. The topological polar surface area (TPSA) is 29.9 Å². The van der Waals surface area contributed by atoms with E-state index in [1.807, 2.05) is 10.9 Å². The first kappa shape index (κ1) is 9.10. The highest BCUT2D eigenvalue weighted by atomic mass is 15.3. The van der Waals surface area contributed by atoms with E-state index in [-0.39, 0.29) is 0 Å². The summed E-state index contributed by atoms with van der Waals surface area (Å²) in [7, 11) is 0. The van der Waals surface area contributed by atoms with Crippen LogP contribution in [-0.2, 0) is 6.54 Å². The van der Waals surface area contributed by atoms with Crippen LogP contribution in [0.3, 0.4) is 0 Å². The van der Waals surface area contributed by atoms with Gasteiger partial charge in [0.2, 0.25) is 0 Å². The number of nitrogens with zero attached hydrogens (tertiary/aromatic N) is 2. The molecule has 0 aliphatic heterocycles. The molecular formula is C9H17N3. The van der Waals surface area contributed by atoms with Crippen molar-refractivity contribution < 1.29 is 0 Å².